The van der Waals surface area contributed by atoms with E-state index in [1.807, 2.05) is 298 Å². The summed E-state index contributed by atoms with van der Waals surface area (Å²) < 4.78 is 1.93. The van der Waals surface area contributed by atoms with E-state index in [1.54, 1.807) is 37.3 Å². The molecular formula is C107H91Ir5N10-9. The van der Waals surface area contributed by atoms with Gasteiger partial charge in [0.2, 0.25) is 0 Å². The van der Waals surface area contributed by atoms with Crippen molar-refractivity contribution in [2.75, 3.05) is 0 Å². The first-order valence-electron chi connectivity index (χ1n) is 38.3. The molecule has 9 heterocycles. The minimum atomic E-state index is 0. The van der Waals surface area contributed by atoms with Gasteiger partial charge in [-0.15, -0.1) is 320 Å². The zero-order valence-corrected chi connectivity index (χ0v) is 81.3. The Balaban J connectivity index is 0.000000243. The first-order valence-corrected chi connectivity index (χ1v) is 38.3. The Kier molecular flexibility index (Phi) is 46.7. The van der Waals surface area contributed by atoms with E-state index < -0.39 is 0 Å². The predicted octanol–water partition coefficient (Wildman–Crippen LogP) is 25.0. The third kappa shape index (κ3) is 35.7. The summed E-state index contributed by atoms with van der Waals surface area (Å²) >= 11 is 0. The van der Waals surface area contributed by atoms with Crippen LogP contribution < -0.4 is 0 Å². The molecule has 0 aliphatic heterocycles. The van der Waals surface area contributed by atoms with Crippen molar-refractivity contribution in [3.05, 3.63) is 476 Å². The monoisotopic (exact) mass is 2480 g/mol. The quantitative estimate of drug-likeness (QED) is 0.130. The van der Waals surface area contributed by atoms with Gasteiger partial charge in [-0.1, -0.05) is 138 Å². The Morgan fingerprint density at radius 1 is 0.197 bits per heavy atom. The van der Waals surface area contributed by atoms with Gasteiger partial charge in [0, 0.05) is 163 Å². The van der Waals surface area contributed by atoms with Gasteiger partial charge in [0.1, 0.15) is 0 Å². The Morgan fingerprint density at radius 3 is 0.738 bits per heavy atom. The molecule has 0 spiro atoms. The number of pyridine rings is 8. The van der Waals surface area contributed by atoms with Crippen LogP contribution in [0, 0.1) is 117 Å². The van der Waals surface area contributed by atoms with E-state index in [0.717, 1.165) is 101 Å². The summed E-state index contributed by atoms with van der Waals surface area (Å²) in [5, 5.41) is 0. The molecule has 0 atom stereocenters. The summed E-state index contributed by atoms with van der Waals surface area (Å²) in [6, 6.07) is 130. The van der Waals surface area contributed by atoms with Crippen LogP contribution in [0.25, 0.3) is 101 Å². The molecule has 18 rings (SSSR count). The summed E-state index contributed by atoms with van der Waals surface area (Å²) in [6.45, 7) is 18.5. The van der Waals surface area contributed by atoms with Crippen LogP contribution in [-0.2, 0) is 108 Å². The molecule has 10 nitrogen and oxygen atoms in total. The number of aryl methyl sites for hydroxylation is 10. The molecule has 0 N–H and O–H groups in total. The van der Waals surface area contributed by atoms with Crippen molar-refractivity contribution < 1.29 is 101 Å². The van der Waals surface area contributed by atoms with Crippen LogP contribution in [0.15, 0.2) is 371 Å². The second kappa shape index (κ2) is 56.3. The average Bonchev–Trinajstić information content (AvgIpc) is 1.69. The second-order valence-corrected chi connectivity index (χ2v) is 27.2. The van der Waals surface area contributed by atoms with E-state index in [1.165, 1.54) is 50.1 Å². The number of benzene rings is 9. The molecule has 0 amide bonds. The molecule has 9 aromatic heterocycles. The van der Waals surface area contributed by atoms with Crippen LogP contribution in [0.1, 0.15) is 50.1 Å². The molecule has 9 aromatic carbocycles. The van der Waals surface area contributed by atoms with Gasteiger partial charge in [0.25, 0.3) is 0 Å². The van der Waals surface area contributed by atoms with E-state index in [0.29, 0.717) is 0 Å². The largest absolute Gasteiger partial charge is 0.350 e. The standard InChI is InChI=1S/8C12H10N.C11H11N2.5Ir/c3*1-10-5-4-6-11(9-10)12-7-2-3-8-13-12;2*1-10-5-7-11(8-6-10)12-4-2-3-9-13-12;2*1-10-7-8-13-12(9-10)11-5-3-2-4-6-11;1-10-7-8-12(13-9-10)11-5-3-2-4-6-11;1-9-3-5-10(6-4-9)11-7-13(2)8-12-11;;;;;/h3*2-5,7-9H,1H3;2*2-7,9H,1H3;3*2-5,7-9H,1H3;3-5,7-8H,1-2H3;;;;;/q9*-1;;;;;. The fourth-order valence-electron chi connectivity index (χ4n) is 11.0. The van der Waals surface area contributed by atoms with E-state index >= 15 is 0 Å². The third-order valence-corrected chi connectivity index (χ3v) is 17.2. The van der Waals surface area contributed by atoms with Crippen LogP contribution in [-0.4, -0.2) is 49.4 Å². The normalized spacial score (nSPS) is 9.56. The Bertz CT molecular complexity index is 5170. The first kappa shape index (κ1) is 101. The van der Waals surface area contributed by atoms with E-state index in [-0.39, 0.29) is 101 Å². The number of imidazole rings is 1. The van der Waals surface area contributed by atoms with Crippen LogP contribution in [0.4, 0.5) is 0 Å². The van der Waals surface area contributed by atoms with Crippen molar-refractivity contribution in [3.63, 3.8) is 0 Å². The summed E-state index contributed by atoms with van der Waals surface area (Å²) in [5.41, 5.74) is 29.3. The minimum absolute atomic E-state index is 0. The number of rotatable bonds is 9. The van der Waals surface area contributed by atoms with Crippen LogP contribution in [0.3, 0.4) is 0 Å². The topological polar surface area (TPSA) is 121 Å². The van der Waals surface area contributed by atoms with Gasteiger partial charge < -0.3 is 44.4 Å². The fraction of sp³-hybridized carbons (Fsp3) is 0.0935. The zero-order valence-electron chi connectivity index (χ0n) is 69.4. The Morgan fingerprint density at radius 2 is 0.475 bits per heavy atom. The molecule has 0 saturated heterocycles. The third-order valence-electron chi connectivity index (χ3n) is 17.2. The van der Waals surface area contributed by atoms with Crippen molar-refractivity contribution >= 4 is 0 Å². The SMILES string of the molecule is Cc1c[c-]c(-c2ccccn2)cc1.Cc1c[c-]c(-c2ccccn2)cc1.Cc1c[c-]c(-c2cn(C)cn2)cc1.Cc1cc[c-]c(-c2ccccn2)c1.Cc1cc[c-]c(-c2ccccn2)c1.Cc1cc[c-]c(-c2ccccn2)c1.Cc1ccc(-c2[c-]cccc2)nc1.Cc1ccnc(-c2[c-]cccc2)c1.Cc1ccnc(-c2[c-]cccc2)c1.[Ir].[Ir].[Ir].[Ir].[Ir]. The smallest absolute Gasteiger partial charge is 0.0834 e. The van der Waals surface area contributed by atoms with Crippen molar-refractivity contribution in [2.24, 2.45) is 7.05 Å². The first-order chi connectivity index (χ1) is 57.1. The summed E-state index contributed by atoms with van der Waals surface area (Å²) in [7, 11) is 1.96. The number of nitrogens with zero attached hydrogens (tertiary/aromatic N) is 10. The molecule has 5 radical (unpaired) electrons. The van der Waals surface area contributed by atoms with Crippen molar-refractivity contribution in [1.29, 1.82) is 0 Å². The van der Waals surface area contributed by atoms with Gasteiger partial charge in [-0.05, 0) is 121 Å². The molecule has 0 fully saturated rings. The molecule has 0 aliphatic rings. The summed E-state index contributed by atoms with van der Waals surface area (Å²) in [5.74, 6) is 0. The van der Waals surface area contributed by atoms with Gasteiger partial charge in [-0.3, -0.25) is 4.98 Å². The van der Waals surface area contributed by atoms with E-state index in [9.17, 15) is 0 Å². The molecule has 18 aromatic rings. The molecule has 15 heteroatoms. The van der Waals surface area contributed by atoms with Gasteiger partial charge in [-0.25, -0.2) is 0 Å². The van der Waals surface area contributed by atoms with E-state index in [2.05, 4.69) is 209 Å². The maximum Gasteiger partial charge on any atom is 0.0834 e. The molecule has 0 saturated carbocycles. The second-order valence-electron chi connectivity index (χ2n) is 27.2. The number of hydrogen-bond donors (Lipinski definition) is 0. The molecule has 0 aliphatic carbocycles. The van der Waals surface area contributed by atoms with Crippen LogP contribution >= 0.6 is 0 Å². The molecular weight excluding hydrogens is 2390 g/mol. The Labute approximate surface area is 789 Å². The minimum Gasteiger partial charge on any atom is -0.350 e. The fourth-order valence-corrected chi connectivity index (χ4v) is 11.0. The average molecular weight is 2480 g/mol. The van der Waals surface area contributed by atoms with Crippen LogP contribution in [0.2, 0.25) is 0 Å². The predicted molar refractivity (Wildman–Crippen MR) is 478 cm³/mol. The number of hydrogen-bond acceptors (Lipinski definition) is 9. The van der Waals surface area contributed by atoms with Gasteiger partial charge in [-0.2, -0.15) is 0 Å². The van der Waals surface area contributed by atoms with Gasteiger partial charge in [0.05, 0.1) is 6.33 Å². The van der Waals surface area contributed by atoms with Gasteiger partial charge >= 0.3 is 0 Å². The molecule has 0 unspecified atom stereocenters. The maximum absolute atomic E-state index is 4.32. The van der Waals surface area contributed by atoms with Crippen LogP contribution in [0.5, 0.6) is 0 Å². The molecule has 0 bridgehead atoms. The van der Waals surface area contributed by atoms with Crippen molar-refractivity contribution in [3.8, 4) is 101 Å². The van der Waals surface area contributed by atoms with Crippen molar-refractivity contribution in [2.45, 2.75) is 62.3 Å². The summed E-state index contributed by atoms with van der Waals surface area (Å²) in [6.07, 6.45) is 18.3. The number of aromatic nitrogens is 10. The van der Waals surface area contributed by atoms with E-state index in [4.69, 9.17) is 0 Å². The molecule has 122 heavy (non-hydrogen) atoms. The molecule has 623 valence electrons. The Hall–Kier alpha value is -11.4. The van der Waals surface area contributed by atoms with Gasteiger partial charge in [0.15, 0.2) is 0 Å². The zero-order chi connectivity index (χ0) is 82.0. The maximum atomic E-state index is 4.32. The summed E-state index contributed by atoms with van der Waals surface area (Å²) in [4.78, 5) is 38.4. The van der Waals surface area contributed by atoms with Crippen molar-refractivity contribution in [1.82, 2.24) is 49.4 Å².